The van der Waals surface area contributed by atoms with Crippen LogP contribution in [0.1, 0.15) is 22.3 Å². The zero-order chi connectivity index (χ0) is 23.6. The SMILES string of the molecule is Cc1ccc(-n2cc(C(=O)OCC(=O)N(C)C3CCS(=O)(=O)C3)c(-c3ccccc3)n2)cc1. The molecule has 0 N–H and O–H groups in total. The lowest BCUT2D eigenvalue weighted by molar-refractivity contribution is -0.134. The molecule has 33 heavy (non-hydrogen) atoms. The minimum Gasteiger partial charge on any atom is -0.452 e. The summed E-state index contributed by atoms with van der Waals surface area (Å²) in [7, 11) is -1.59. The number of ether oxygens (including phenoxy) is 1. The van der Waals surface area contributed by atoms with Crippen LogP contribution in [0.5, 0.6) is 0 Å². The third-order valence-electron chi connectivity index (χ3n) is 5.76. The monoisotopic (exact) mass is 467 g/mol. The Bertz CT molecular complexity index is 1270. The molecule has 1 saturated heterocycles. The van der Waals surface area contributed by atoms with E-state index in [2.05, 4.69) is 5.10 Å². The zero-order valence-corrected chi connectivity index (χ0v) is 19.3. The summed E-state index contributed by atoms with van der Waals surface area (Å²) in [5, 5.41) is 4.60. The van der Waals surface area contributed by atoms with E-state index in [0.29, 0.717) is 12.1 Å². The van der Waals surface area contributed by atoms with E-state index in [1.165, 1.54) is 11.9 Å². The van der Waals surface area contributed by atoms with Crippen molar-refractivity contribution >= 4 is 21.7 Å². The van der Waals surface area contributed by atoms with E-state index in [0.717, 1.165) is 16.8 Å². The van der Waals surface area contributed by atoms with Crippen molar-refractivity contribution in [3.05, 3.63) is 71.9 Å². The van der Waals surface area contributed by atoms with E-state index in [9.17, 15) is 18.0 Å². The number of aromatic nitrogens is 2. The van der Waals surface area contributed by atoms with Gasteiger partial charge >= 0.3 is 5.97 Å². The Morgan fingerprint density at radius 1 is 1.12 bits per heavy atom. The molecule has 0 spiro atoms. The highest BCUT2D eigenvalue weighted by molar-refractivity contribution is 7.91. The average molecular weight is 468 g/mol. The molecule has 2 heterocycles. The molecule has 0 saturated carbocycles. The molecule has 1 aliphatic heterocycles. The first kappa shape index (κ1) is 22.7. The first-order chi connectivity index (χ1) is 15.7. The molecule has 4 rings (SSSR count). The number of carbonyl (C=O) groups is 2. The van der Waals surface area contributed by atoms with Crippen molar-refractivity contribution < 1.29 is 22.7 Å². The Kier molecular flexibility index (Phi) is 6.33. The molecule has 1 amide bonds. The van der Waals surface area contributed by atoms with Crippen LogP contribution in [0.2, 0.25) is 0 Å². The molecule has 1 aliphatic rings. The maximum absolute atomic E-state index is 12.9. The van der Waals surface area contributed by atoms with Gasteiger partial charge in [0.1, 0.15) is 11.3 Å². The molecular weight excluding hydrogens is 442 g/mol. The van der Waals surface area contributed by atoms with E-state index in [-0.39, 0.29) is 17.1 Å². The van der Waals surface area contributed by atoms with Gasteiger partial charge in [-0.3, -0.25) is 4.79 Å². The summed E-state index contributed by atoms with van der Waals surface area (Å²) in [5.74, 6) is -1.12. The fourth-order valence-corrected chi connectivity index (χ4v) is 5.53. The molecule has 3 aromatic rings. The first-order valence-corrected chi connectivity index (χ1v) is 12.4. The van der Waals surface area contributed by atoms with Crippen LogP contribution in [0.25, 0.3) is 16.9 Å². The summed E-state index contributed by atoms with van der Waals surface area (Å²) in [4.78, 5) is 26.8. The highest BCUT2D eigenvalue weighted by Crippen LogP contribution is 2.25. The second-order valence-corrected chi connectivity index (χ2v) is 10.4. The van der Waals surface area contributed by atoms with Crippen molar-refractivity contribution in [1.82, 2.24) is 14.7 Å². The average Bonchev–Trinajstić information content (AvgIpc) is 3.41. The third-order valence-corrected chi connectivity index (χ3v) is 7.51. The topological polar surface area (TPSA) is 98.6 Å². The summed E-state index contributed by atoms with van der Waals surface area (Å²) < 4.78 is 30.3. The van der Waals surface area contributed by atoms with Crippen LogP contribution < -0.4 is 0 Å². The number of hydrogen-bond acceptors (Lipinski definition) is 6. The van der Waals surface area contributed by atoms with Gasteiger partial charge in [0.15, 0.2) is 16.4 Å². The number of sulfone groups is 1. The van der Waals surface area contributed by atoms with Crippen LogP contribution in [0.4, 0.5) is 0 Å². The number of likely N-dealkylation sites (N-methyl/N-ethyl adjacent to an activating group) is 1. The standard InChI is InChI=1S/C24H25N3O5S/c1-17-8-10-19(11-9-17)27-14-21(23(25-27)18-6-4-3-5-7-18)24(29)32-15-22(28)26(2)20-12-13-33(30,31)16-20/h3-11,14,20H,12-13,15-16H2,1-2H3. The maximum atomic E-state index is 12.9. The van der Waals surface area contributed by atoms with Crippen LogP contribution in [0, 0.1) is 6.92 Å². The minimum atomic E-state index is -3.12. The molecule has 9 heteroatoms. The van der Waals surface area contributed by atoms with Crippen molar-refractivity contribution in [2.24, 2.45) is 0 Å². The van der Waals surface area contributed by atoms with Crippen LogP contribution in [-0.4, -0.2) is 66.2 Å². The fourth-order valence-electron chi connectivity index (χ4n) is 3.75. The summed E-state index contributed by atoms with van der Waals surface area (Å²) in [6.07, 6.45) is 1.98. The lowest BCUT2D eigenvalue weighted by atomic mass is 10.1. The molecule has 8 nitrogen and oxygen atoms in total. The second kappa shape index (κ2) is 9.19. The van der Waals surface area contributed by atoms with Gasteiger partial charge in [-0.1, -0.05) is 48.0 Å². The number of esters is 1. The normalized spacial score (nSPS) is 17.0. The van der Waals surface area contributed by atoms with Crippen LogP contribution in [0.15, 0.2) is 60.8 Å². The fraction of sp³-hybridized carbons (Fsp3) is 0.292. The number of rotatable bonds is 6. The smallest absolute Gasteiger partial charge is 0.342 e. The van der Waals surface area contributed by atoms with Gasteiger partial charge in [0.05, 0.1) is 17.2 Å². The number of benzene rings is 2. The van der Waals surface area contributed by atoms with Gasteiger partial charge in [0, 0.05) is 24.8 Å². The Hall–Kier alpha value is -3.46. The number of aryl methyl sites for hydroxylation is 1. The van der Waals surface area contributed by atoms with Crippen molar-refractivity contribution in [1.29, 1.82) is 0 Å². The van der Waals surface area contributed by atoms with Crippen molar-refractivity contribution in [3.63, 3.8) is 0 Å². The molecule has 0 radical (unpaired) electrons. The Labute approximate surface area is 192 Å². The van der Waals surface area contributed by atoms with Gasteiger partial charge in [-0.05, 0) is 25.5 Å². The van der Waals surface area contributed by atoms with Crippen molar-refractivity contribution in [3.8, 4) is 16.9 Å². The van der Waals surface area contributed by atoms with Gasteiger partial charge in [-0.25, -0.2) is 17.9 Å². The predicted octanol–water partition coefficient (Wildman–Crippen LogP) is 2.65. The lowest BCUT2D eigenvalue weighted by Gasteiger charge is -2.23. The van der Waals surface area contributed by atoms with Crippen molar-refractivity contribution in [2.45, 2.75) is 19.4 Å². The second-order valence-electron chi connectivity index (χ2n) is 8.18. The first-order valence-electron chi connectivity index (χ1n) is 10.6. The van der Waals surface area contributed by atoms with E-state index < -0.39 is 34.4 Å². The Morgan fingerprint density at radius 3 is 2.45 bits per heavy atom. The van der Waals surface area contributed by atoms with E-state index in [4.69, 9.17) is 4.74 Å². The molecule has 2 aromatic carbocycles. The highest BCUT2D eigenvalue weighted by Gasteiger charge is 2.33. The van der Waals surface area contributed by atoms with Crippen molar-refractivity contribution in [2.75, 3.05) is 25.2 Å². The zero-order valence-electron chi connectivity index (χ0n) is 18.5. The number of hydrogen-bond donors (Lipinski definition) is 0. The van der Waals surface area contributed by atoms with E-state index in [1.807, 2.05) is 61.5 Å². The van der Waals surface area contributed by atoms with Gasteiger partial charge in [0.25, 0.3) is 5.91 Å². The third kappa shape index (κ3) is 5.14. The van der Waals surface area contributed by atoms with Crippen LogP contribution in [0.3, 0.4) is 0 Å². The molecule has 1 fully saturated rings. The summed E-state index contributed by atoms with van der Waals surface area (Å²) in [6, 6.07) is 16.6. The summed E-state index contributed by atoms with van der Waals surface area (Å²) >= 11 is 0. The van der Waals surface area contributed by atoms with Gasteiger partial charge < -0.3 is 9.64 Å². The van der Waals surface area contributed by atoms with E-state index >= 15 is 0 Å². The van der Waals surface area contributed by atoms with Crippen LogP contribution >= 0.6 is 0 Å². The molecule has 1 aromatic heterocycles. The molecule has 0 aliphatic carbocycles. The quantitative estimate of drug-likeness (QED) is 0.517. The van der Waals surface area contributed by atoms with Gasteiger partial charge in [-0.15, -0.1) is 0 Å². The minimum absolute atomic E-state index is 0.0632. The molecule has 172 valence electrons. The summed E-state index contributed by atoms with van der Waals surface area (Å²) in [5.41, 5.74) is 3.32. The lowest BCUT2D eigenvalue weighted by Crippen LogP contribution is -2.40. The van der Waals surface area contributed by atoms with Gasteiger partial charge in [0.2, 0.25) is 0 Å². The maximum Gasteiger partial charge on any atom is 0.342 e. The van der Waals surface area contributed by atoms with E-state index in [1.54, 1.807) is 10.9 Å². The Balaban J connectivity index is 1.53. The number of amides is 1. The van der Waals surface area contributed by atoms with Crippen LogP contribution in [-0.2, 0) is 19.4 Å². The summed E-state index contributed by atoms with van der Waals surface area (Å²) in [6.45, 7) is 1.51. The molecule has 1 unspecified atom stereocenters. The largest absolute Gasteiger partial charge is 0.452 e. The molecule has 0 bridgehead atoms. The Morgan fingerprint density at radius 2 is 1.82 bits per heavy atom. The number of nitrogens with zero attached hydrogens (tertiary/aromatic N) is 3. The molecule has 1 atom stereocenters. The number of carbonyl (C=O) groups excluding carboxylic acids is 2. The molecular formula is C24H25N3O5S. The predicted molar refractivity (Wildman–Crippen MR) is 124 cm³/mol. The van der Waals surface area contributed by atoms with Gasteiger partial charge in [-0.2, -0.15) is 5.10 Å². The highest BCUT2D eigenvalue weighted by atomic mass is 32.2.